The van der Waals surface area contributed by atoms with Crippen LogP contribution in [0.3, 0.4) is 0 Å². The second kappa shape index (κ2) is 4.91. The Bertz CT molecular complexity index is 740. The van der Waals surface area contributed by atoms with Crippen LogP contribution >= 0.6 is 0 Å². The van der Waals surface area contributed by atoms with E-state index in [4.69, 9.17) is 4.99 Å². The zero-order valence-corrected chi connectivity index (χ0v) is 13.6. The second-order valence-electron chi connectivity index (χ2n) is 7.63. The van der Waals surface area contributed by atoms with Crippen molar-refractivity contribution >= 4 is 17.6 Å². The van der Waals surface area contributed by atoms with E-state index in [-0.39, 0.29) is 17.7 Å². The molecule has 3 fully saturated rings. The standard InChI is InChI=1S/C19H21N3O2/c23-17(13-6-7-13)22-10-14-8-9-19(15(14)11-22)18(24)20-16(21-19)12-4-2-1-3-5-12/h1-5,13-15H,6-11H2,(H,20,21,24)/t14-,15+,19-/m1/s1. The lowest BCUT2D eigenvalue weighted by atomic mass is 9.85. The minimum atomic E-state index is -0.658. The summed E-state index contributed by atoms with van der Waals surface area (Å²) in [6.07, 6.45) is 3.85. The summed E-state index contributed by atoms with van der Waals surface area (Å²) >= 11 is 0. The Kier molecular flexibility index (Phi) is 2.91. The van der Waals surface area contributed by atoms with Gasteiger partial charge in [0.05, 0.1) is 0 Å². The Hall–Kier alpha value is -2.17. The summed E-state index contributed by atoms with van der Waals surface area (Å²) in [6, 6.07) is 9.82. The maximum Gasteiger partial charge on any atom is 0.253 e. The van der Waals surface area contributed by atoms with Crippen LogP contribution in [0, 0.1) is 17.8 Å². The molecule has 124 valence electrons. The van der Waals surface area contributed by atoms with Crippen molar-refractivity contribution in [3.05, 3.63) is 35.9 Å². The average Bonchev–Trinajstić information content (AvgIpc) is 3.15. The van der Waals surface area contributed by atoms with Gasteiger partial charge in [0.1, 0.15) is 11.4 Å². The van der Waals surface area contributed by atoms with E-state index in [1.54, 1.807) is 0 Å². The number of nitrogens with zero attached hydrogens (tertiary/aromatic N) is 2. The van der Waals surface area contributed by atoms with Crippen molar-refractivity contribution in [2.75, 3.05) is 13.1 Å². The average molecular weight is 323 g/mol. The number of hydrogen-bond acceptors (Lipinski definition) is 3. The molecule has 2 amide bonds. The highest BCUT2D eigenvalue weighted by atomic mass is 16.2. The number of carbonyl (C=O) groups excluding carboxylic acids is 2. The second-order valence-corrected chi connectivity index (χ2v) is 7.63. The lowest BCUT2D eigenvalue weighted by Crippen LogP contribution is -2.45. The van der Waals surface area contributed by atoms with Crippen molar-refractivity contribution in [3.63, 3.8) is 0 Å². The largest absolute Gasteiger partial charge is 0.342 e. The molecule has 5 nitrogen and oxygen atoms in total. The number of hydrogen-bond donors (Lipinski definition) is 1. The molecule has 2 aliphatic heterocycles. The zero-order valence-electron chi connectivity index (χ0n) is 13.6. The van der Waals surface area contributed by atoms with Gasteiger partial charge in [0.25, 0.3) is 5.91 Å². The normalized spacial score (nSPS) is 34.4. The van der Waals surface area contributed by atoms with Gasteiger partial charge < -0.3 is 10.2 Å². The number of benzene rings is 1. The fraction of sp³-hybridized carbons (Fsp3) is 0.526. The summed E-state index contributed by atoms with van der Waals surface area (Å²) in [7, 11) is 0. The first-order valence-corrected chi connectivity index (χ1v) is 8.93. The molecular formula is C19H21N3O2. The van der Waals surface area contributed by atoms with Crippen molar-refractivity contribution in [1.82, 2.24) is 10.2 Å². The van der Waals surface area contributed by atoms with E-state index < -0.39 is 5.54 Å². The number of rotatable bonds is 2. The van der Waals surface area contributed by atoms with Crippen LogP contribution in [0.25, 0.3) is 0 Å². The van der Waals surface area contributed by atoms with Crippen molar-refractivity contribution in [3.8, 4) is 0 Å². The molecular weight excluding hydrogens is 302 g/mol. The van der Waals surface area contributed by atoms with Gasteiger partial charge in [-0.25, -0.2) is 0 Å². The first-order chi connectivity index (χ1) is 11.7. The fourth-order valence-electron chi connectivity index (χ4n) is 4.71. The Morgan fingerprint density at radius 2 is 1.96 bits per heavy atom. The van der Waals surface area contributed by atoms with E-state index in [9.17, 15) is 9.59 Å². The van der Waals surface area contributed by atoms with Crippen LogP contribution in [0.5, 0.6) is 0 Å². The minimum Gasteiger partial charge on any atom is -0.342 e. The Labute approximate surface area is 141 Å². The zero-order chi connectivity index (χ0) is 16.3. The van der Waals surface area contributed by atoms with Gasteiger partial charge in [0, 0.05) is 30.5 Å². The van der Waals surface area contributed by atoms with Crippen LogP contribution in [0.15, 0.2) is 35.3 Å². The molecule has 0 aromatic heterocycles. The highest BCUT2D eigenvalue weighted by Crippen LogP contribution is 2.49. The molecule has 3 atom stereocenters. The molecule has 1 aromatic rings. The topological polar surface area (TPSA) is 61.8 Å². The molecule has 1 spiro atoms. The van der Waals surface area contributed by atoms with Gasteiger partial charge in [0.2, 0.25) is 5.91 Å². The summed E-state index contributed by atoms with van der Waals surface area (Å²) in [5.74, 6) is 1.84. The van der Waals surface area contributed by atoms with Crippen LogP contribution < -0.4 is 5.32 Å². The van der Waals surface area contributed by atoms with Gasteiger partial charge in [-0.15, -0.1) is 0 Å². The van der Waals surface area contributed by atoms with Crippen LogP contribution in [-0.4, -0.2) is 41.2 Å². The van der Waals surface area contributed by atoms with Crippen LogP contribution in [0.4, 0.5) is 0 Å². The number of amidine groups is 1. The summed E-state index contributed by atoms with van der Waals surface area (Å²) < 4.78 is 0. The molecule has 1 aromatic carbocycles. The number of carbonyl (C=O) groups is 2. The van der Waals surface area contributed by atoms with E-state index >= 15 is 0 Å². The molecule has 2 saturated carbocycles. The molecule has 0 bridgehead atoms. The molecule has 0 radical (unpaired) electrons. The van der Waals surface area contributed by atoms with E-state index in [1.165, 1.54) is 0 Å². The summed E-state index contributed by atoms with van der Waals surface area (Å²) in [5.41, 5.74) is 0.295. The maximum absolute atomic E-state index is 12.8. The monoisotopic (exact) mass is 323 g/mol. The predicted octanol–water partition coefficient (Wildman–Crippen LogP) is 1.58. The molecule has 24 heavy (non-hydrogen) atoms. The number of aliphatic imine (C=N–C) groups is 1. The van der Waals surface area contributed by atoms with Crippen LogP contribution in [-0.2, 0) is 9.59 Å². The molecule has 1 saturated heterocycles. The number of amides is 2. The highest BCUT2D eigenvalue weighted by Gasteiger charge is 2.60. The first-order valence-electron chi connectivity index (χ1n) is 8.93. The number of nitrogens with one attached hydrogen (secondary N) is 1. The van der Waals surface area contributed by atoms with E-state index in [1.807, 2.05) is 35.2 Å². The Morgan fingerprint density at radius 3 is 2.71 bits per heavy atom. The quantitative estimate of drug-likeness (QED) is 0.898. The van der Waals surface area contributed by atoms with E-state index in [0.717, 1.165) is 37.8 Å². The molecule has 2 aliphatic carbocycles. The van der Waals surface area contributed by atoms with Gasteiger partial charge in [-0.2, -0.15) is 0 Å². The summed E-state index contributed by atoms with van der Waals surface area (Å²) in [6.45, 7) is 1.50. The fourth-order valence-corrected chi connectivity index (χ4v) is 4.71. The van der Waals surface area contributed by atoms with Gasteiger partial charge in [-0.1, -0.05) is 30.3 Å². The van der Waals surface area contributed by atoms with E-state index in [2.05, 4.69) is 5.32 Å². The Morgan fingerprint density at radius 1 is 1.17 bits per heavy atom. The lowest BCUT2D eigenvalue weighted by Gasteiger charge is -2.25. The van der Waals surface area contributed by atoms with Gasteiger partial charge in [0.15, 0.2) is 0 Å². The predicted molar refractivity (Wildman–Crippen MR) is 89.4 cm³/mol. The maximum atomic E-state index is 12.8. The molecule has 1 N–H and O–H groups in total. The van der Waals surface area contributed by atoms with Crippen molar-refractivity contribution in [2.45, 2.75) is 31.2 Å². The summed E-state index contributed by atoms with van der Waals surface area (Å²) in [4.78, 5) is 32.1. The van der Waals surface area contributed by atoms with Crippen molar-refractivity contribution in [1.29, 1.82) is 0 Å². The smallest absolute Gasteiger partial charge is 0.253 e. The molecule has 2 heterocycles. The van der Waals surface area contributed by atoms with Crippen molar-refractivity contribution in [2.24, 2.45) is 22.7 Å². The third kappa shape index (κ3) is 1.96. The van der Waals surface area contributed by atoms with Gasteiger partial charge in [-0.05, 0) is 31.6 Å². The van der Waals surface area contributed by atoms with Crippen LogP contribution in [0.1, 0.15) is 31.2 Å². The Balaban J connectivity index is 1.44. The SMILES string of the molecule is O=C(C1CC1)N1C[C@H]2CC[C@@]3(N=C(c4ccccc4)NC3=O)[C@H]2C1. The molecule has 5 heteroatoms. The van der Waals surface area contributed by atoms with E-state index in [0.29, 0.717) is 24.2 Å². The molecule has 0 unspecified atom stereocenters. The van der Waals surface area contributed by atoms with Gasteiger partial charge in [-0.3, -0.25) is 14.6 Å². The third-order valence-corrected chi connectivity index (χ3v) is 6.17. The molecule has 5 rings (SSSR count). The minimum absolute atomic E-state index is 0.0228. The number of fused-ring (bicyclic) bond motifs is 2. The van der Waals surface area contributed by atoms with Crippen LogP contribution in [0.2, 0.25) is 0 Å². The number of likely N-dealkylation sites (tertiary alicyclic amines) is 1. The lowest BCUT2D eigenvalue weighted by molar-refractivity contribution is -0.132. The first kappa shape index (κ1) is 14.2. The molecule has 4 aliphatic rings. The van der Waals surface area contributed by atoms with Gasteiger partial charge >= 0.3 is 0 Å². The van der Waals surface area contributed by atoms with Crippen molar-refractivity contribution < 1.29 is 9.59 Å². The summed E-state index contributed by atoms with van der Waals surface area (Å²) in [5, 5.41) is 3.00. The third-order valence-electron chi connectivity index (χ3n) is 6.17. The highest BCUT2D eigenvalue weighted by molar-refractivity contribution is 6.15.